The van der Waals surface area contributed by atoms with Crippen LogP contribution >= 0.6 is 0 Å². The molecule has 0 aromatic heterocycles. The lowest BCUT2D eigenvalue weighted by molar-refractivity contribution is -0.154. The van der Waals surface area contributed by atoms with Gasteiger partial charge in [-0.1, -0.05) is 62.9 Å². The molecule has 4 aromatic rings. The van der Waals surface area contributed by atoms with Crippen molar-refractivity contribution in [3.05, 3.63) is 100 Å². The summed E-state index contributed by atoms with van der Waals surface area (Å²) in [4.78, 5) is 29.0. The van der Waals surface area contributed by atoms with Gasteiger partial charge in [0.15, 0.2) is 17.7 Å². The molecule has 14 heteroatoms. The van der Waals surface area contributed by atoms with Gasteiger partial charge in [0.2, 0.25) is 5.75 Å². The molecule has 0 unspecified atom stereocenters. The summed E-state index contributed by atoms with van der Waals surface area (Å²) in [5.41, 5.74) is 6.02. The minimum Gasteiger partial charge on any atom is -0.502 e. The summed E-state index contributed by atoms with van der Waals surface area (Å²) in [6.07, 6.45) is 12.1. The summed E-state index contributed by atoms with van der Waals surface area (Å²) in [6.45, 7) is 2.91. The molecule has 0 bridgehead atoms. The van der Waals surface area contributed by atoms with Gasteiger partial charge in [0, 0.05) is 76.1 Å². The molecule has 6 atom stereocenters. The SMILES string of the molecule is CCNCOc1cc(OC)c2c3c1[C@H](O)Nc1cc4c(c(c1-3)CC2)[C@@H](O)[C@H](c1cc(OC)c(O)c(OC[C@H](CO)[C@]2(c3ccccc3)CCC3(CCCC3)[C@H](C3(N5C(=O)C=CC5=O)CCCC3)C2)c1)CO4. The maximum atomic E-state index is 13.7. The lowest BCUT2D eigenvalue weighted by Crippen LogP contribution is -2.63. The first-order valence-corrected chi connectivity index (χ1v) is 25.8. The van der Waals surface area contributed by atoms with E-state index < -0.39 is 35.1 Å². The smallest absolute Gasteiger partial charge is 0.254 e. The fraction of sp³-hybridized carbons (Fsp3) is 0.509. The number of phenols is 1. The van der Waals surface area contributed by atoms with E-state index in [2.05, 4.69) is 22.8 Å². The second-order valence-corrected chi connectivity index (χ2v) is 21.1. The van der Waals surface area contributed by atoms with Gasteiger partial charge < -0.3 is 49.4 Å². The number of aromatic hydroxyl groups is 1. The molecule has 376 valence electrons. The Kier molecular flexibility index (Phi) is 12.5. The number of ether oxygens (including phenoxy) is 5. The molecule has 71 heavy (non-hydrogen) atoms. The van der Waals surface area contributed by atoms with E-state index in [1.807, 2.05) is 37.3 Å². The molecule has 4 aliphatic carbocycles. The van der Waals surface area contributed by atoms with Gasteiger partial charge in [-0.15, -0.1) is 0 Å². The predicted octanol–water partition coefficient (Wildman–Crippen LogP) is 8.27. The number of methoxy groups -OCH3 is 2. The van der Waals surface area contributed by atoms with E-state index in [9.17, 15) is 30.0 Å². The monoisotopic (exact) mass is 969 g/mol. The first kappa shape index (κ1) is 47.5. The van der Waals surface area contributed by atoms with Gasteiger partial charge in [-0.2, -0.15) is 0 Å². The van der Waals surface area contributed by atoms with E-state index in [0.29, 0.717) is 65.4 Å². The van der Waals surface area contributed by atoms with Crippen molar-refractivity contribution in [2.24, 2.45) is 17.3 Å². The number of aliphatic hydroxyl groups is 3. The number of hydrogen-bond acceptors (Lipinski definition) is 13. The van der Waals surface area contributed by atoms with E-state index in [-0.39, 0.29) is 66.9 Å². The van der Waals surface area contributed by atoms with Crippen LogP contribution in [0.25, 0.3) is 11.1 Å². The van der Waals surface area contributed by atoms with E-state index >= 15 is 0 Å². The maximum Gasteiger partial charge on any atom is 0.254 e. The Bertz CT molecular complexity index is 2730. The predicted molar refractivity (Wildman–Crippen MR) is 266 cm³/mol. The third kappa shape index (κ3) is 7.56. The fourth-order valence-corrected chi connectivity index (χ4v) is 14.7. The van der Waals surface area contributed by atoms with Crippen LogP contribution in [0.5, 0.6) is 34.5 Å². The summed E-state index contributed by atoms with van der Waals surface area (Å²) < 4.78 is 31.1. The Balaban J connectivity index is 0.934. The largest absolute Gasteiger partial charge is 0.502 e. The summed E-state index contributed by atoms with van der Waals surface area (Å²) in [7, 11) is 3.11. The van der Waals surface area contributed by atoms with Crippen LogP contribution in [-0.4, -0.2) is 90.0 Å². The van der Waals surface area contributed by atoms with Gasteiger partial charge in [-0.3, -0.25) is 19.8 Å². The Morgan fingerprint density at radius 3 is 2.23 bits per heavy atom. The van der Waals surface area contributed by atoms with Gasteiger partial charge in [-0.05, 0) is 104 Å². The average molecular weight is 970 g/mol. The molecule has 2 amide bonds. The van der Waals surface area contributed by atoms with Crippen molar-refractivity contribution in [3.63, 3.8) is 0 Å². The number of anilines is 1. The van der Waals surface area contributed by atoms with E-state index in [1.165, 1.54) is 19.3 Å². The quantitative estimate of drug-likeness (QED) is 0.0380. The molecular weight excluding hydrogens is 903 g/mol. The number of benzene rings is 4. The van der Waals surface area contributed by atoms with Crippen LogP contribution in [0.2, 0.25) is 0 Å². The zero-order valence-electron chi connectivity index (χ0n) is 41.1. The number of fused-ring (bicyclic) bond motifs is 2. The van der Waals surface area contributed by atoms with Crippen LogP contribution in [0.1, 0.15) is 129 Å². The van der Waals surface area contributed by atoms with Crippen LogP contribution < -0.4 is 34.3 Å². The molecule has 3 heterocycles. The van der Waals surface area contributed by atoms with Crippen molar-refractivity contribution in [3.8, 4) is 45.6 Å². The van der Waals surface area contributed by atoms with Crippen LogP contribution in [0, 0.1) is 17.3 Å². The second-order valence-electron chi connectivity index (χ2n) is 21.1. The molecule has 14 nitrogen and oxygen atoms in total. The van der Waals surface area contributed by atoms with Gasteiger partial charge in [0.1, 0.15) is 24.0 Å². The number of carbonyl (C=O) groups is 2. The fourth-order valence-electron chi connectivity index (χ4n) is 14.7. The van der Waals surface area contributed by atoms with Crippen LogP contribution in [0.15, 0.2) is 66.7 Å². The molecule has 3 fully saturated rings. The topological polar surface area (TPSA) is 189 Å². The molecule has 3 aliphatic heterocycles. The first-order chi connectivity index (χ1) is 34.5. The molecule has 6 N–H and O–H groups in total. The molecule has 4 aromatic carbocycles. The Morgan fingerprint density at radius 2 is 1.52 bits per heavy atom. The summed E-state index contributed by atoms with van der Waals surface area (Å²) in [5, 5.41) is 54.1. The Hall–Kier alpha value is -5.80. The zero-order chi connectivity index (χ0) is 49.2. The van der Waals surface area contributed by atoms with Crippen LogP contribution in [-0.2, 0) is 27.8 Å². The van der Waals surface area contributed by atoms with E-state index in [1.54, 1.807) is 24.1 Å². The molecule has 3 saturated carbocycles. The number of hydrogen-bond donors (Lipinski definition) is 6. The van der Waals surface area contributed by atoms with Crippen molar-refractivity contribution in [2.75, 3.05) is 52.6 Å². The lowest BCUT2D eigenvalue weighted by Gasteiger charge is -2.60. The number of nitrogens with zero attached hydrogens (tertiary/aromatic N) is 1. The average Bonchev–Trinajstić information content (AvgIpc) is 4.15. The van der Waals surface area contributed by atoms with Gasteiger partial charge in [0.05, 0.1) is 44.6 Å². The molecule has 11 rings (SSSR count). The van der Waals surface area contributed by atoms with Gasteiger partial charge >= 0.3 is 0 Å². The van der Waals surface area contributed by atoms with Crippen molar-refractivity contribution in [1.29, 1.82) is 0 Å². The van der Waals surface area contributed by atoms with Crippen molar-refractivity contribution in [2.45, 2.75) is 120 Å². The summed E-state index contributed by atoms with van der Waals surface area (Å²) >= 11 is 0. The standard InChI is InChI=1S/C57H67N3O11/c1-4-58-32-71-42-27-40(67-2)36-14-15-37-48-39(59-54(66)51(42)50(36)48)26-41-49(37)52(64)38(31-70-41)33-24-43(68-3)53(65)44(25-33)69-30-35(29-61)56(34-12-6-5-7-13-34)23-22-55(18-8-9-19-55)45(28-56)57(20-10-11-21-57)60-46(62)16-17-47(60)63/h5-7,12-13,16-17,24-27,35,38,45,52,54,58-59,61,64-66H,4,8-11,14-15,18-23,28-32H2,1-3H3/t35-,38-,45+,52-,54-,56+/m0/s1. The molecule has 0 saturated heterocycles. The van der Waals surface area contributed by atoms with Crippen molar-refractivity contribution in [1.82, 2.24) is 10.2 Å². The Morgan fingerprint density at radius 1 is 0.817 bits per heavy atom. The molecule has 0 radical (unpaired) electrons. The Labute approximate surface area is 415 Å². The highest BCUT2D eigenvalue weighted by molar-refractivity contribution is 6.13. The van der Waals surface area contributed by atoms with Crippen molar-refractivity contribution < 1.29 is 53.7 Å². The van der Waals surface area contributed by atoms with E-state index in [0.717, 1.165) is 92.0 Å². The van der Waals surface area contributed by atoms with Crippen LogP contribution in [0.3, 0.4) is 0 Å². The number of nitrogens with one attached hydrogen (secondary N) is 2. The number of aliphatic hydroxyl groups excluding tert-OH is 3. The first-order valence-electron chi connectivity index (χ1n) is 25.8. The van der Waals surface area contributed by atoms with E-state index in [4.69, 9.17) is 23.7 Å². The number of carbonyl (C=O) groups excluding carboxylic acids is 2. The number of amides is 2. The number of rotatable bonds is 15. The minimum atomic E-state index is -1.06. The number of imide groups is 1. The summed E-state index contributed by atoms with van der Waals surface area (Å²) in [5.74, 6) is 0.367. The second kappa shape index (κ2) is 18.7. The number of phenolic OH excluding ortho intramolecular Hbond substituents is 1. The van der Waals surface area contributed by atoms with Crippen LogP contribution in [0.4, 0.5) is 5.69 Å². The molecule has 1 spiro atoms. The highest BCUT2D eigenvalue weighted by atomic mass is 16.5. The van der Waals surface area contributed by atoms with Gasteiger partial charge in [-0.25, -0.2) is 0 Å². The third-order valence-corrected chi connectivity index (χ3v) is 18.0. The maximum absolute atomic E-state index is 13.7. The highest BCUT2D eigenvalue weighted by Gasteiger charge is 2.63. The molecule has 7 aliphatic rings. The third-order valence-electron chi connectivity index (χ3n) is 18.0. The lowest BCUT2D eigenvalue weighted by atomic mass is 9.48. The zero-order valence-corrected chi connectivity index (χ0v) is 41.1. The molecular formula is C57H67N3O11. The normalized spacial score (nSPS) is 25.9. The minimum absolute atomic E-state index is 0.0144. The highest BCUT2D eigenvalue weighted by Crippen LogP contribution is 2.66. The van der Waals surface area contributed by atoms with Crippen molar-refractivity contribution >= 4 is 17.5 Å². The summed E-state index contributed by atoms with van der Waals surface area (Å²) in [6, 6.07) is 17.5. The van der Waals surface area contributed by atoms with Gasteiger partial charge in [0.25, 0.3) is 11.8 Å².